The van der Waals surface area contributed by atoms with E-state index in [1.54, 1.807) is 0 Å². The van der Waals surface area contributed by atoms with E-state index < -0.39 is 0 Å². The monoisotopic (exact) mass is 193 g/mol. The molecule has 0 spiro atoms. The lowest BCUT2D eigenvalue weighted by molar-refractivity contribution is -0.116. The Hall–Kier alpha value is -1.38. The van der Waals surface area contributed by atoms with Crippen LogP contribution in [0, 0.1) is 12.7 Å². The lowest BCUT2D eigenvalue weighted by atomic mass is 10.0. The summed E-state index contributed by atoms with van der Waals surface area (Å²) < 4.78 is 13.5. The van der Waals surface area contributed by atoms with Crippen molar-refractivity contribution in [2.75, 3.05) is 5.32 Å². The Labute approximate surface area is 82.1 Å². The highest BCUT2D eigenvalue weighted by Crippen LogP contribution is 2.25. The summed E-state index contributed by atoms with van der Waals surface area (Å²) in [6, 6.07) is 3.33. The standard InChI is InChI=1S/C11H12FNO/c1-7-5-9(12)8-3-2-4-11(14)13-10(8)6-7/h5-6H,2-4H2,1H3,(H,13,14). The van der Waals surface area contributed by atoms with E-state index in [0.717, 1.165) is 12.0 Å². The van der Waals surface area contributed by atoms with E-state index in [9.17, 15) is 9.18 Å². The average Bonchev–Trinajstić information content (AvgIpc) is 2.25. The first-order valence-electron chi connectivity index (χ1n) is 4.75. The van der Waals surface area contributed by atoms with Gasteiger partial charge in [-0.2, -0.15) is 0 Å². The van der Waals surface area contributed by atoms with E-state index in [1.165, 1.54) is 6.07 Å². The molecule has 1 N–H and O–H groups in total. The largest absolute Gasteiger partial charge is 0.326 e. The summed E-state index contributed by atoms with van der Waals surface area (Å²) in [6.07, 6.45) is 1.84. The first kappa shape index (κ1) is 9.19. The Morgan fingerprint density at radius 2 is 2.14 bits per heavy atom. The summed E-state index contributed by atoms with van der Waals surface area (Å²) in [5, 5.41) is 2.73. The first-order valence-corrected chi connectivity index (χ1v) is 4.75. The molecule has 3 heteroatoms. The van der Waals surface area contributed by atoms with Gasteiger partial charge in [-0.3, -0.25) is 4.79 Å². The Morgan fingerprint density at radius 1 is 1.36 bits per heavy atom. The molecule has 0 aliphatic carbocycles. The fourth-order valence-electron chi connectivity index (χ4n) is 1.78. The minimum atomic E-state index is -0.206. The molecule has 0 atom stereocenters. The van der Waals surface area contributed by atoms with E-state index >= 15 is 0 Å². The molecule has 2 rings (SSSR count). The highest BCUT2D eigenvalue weighted by atomic mass is 19.1. The van der Waals surface area contributed by atoms with Crippen molar-refractivity contribution in [3.8, 4) is 0 Å². The summed E-state index contributed by atoms with van der Waals surface area (Å²) in [4.78, 5) is 11.2. The molecule has 1 aromatic carbocycles. The molecule has 0 aromatic heterocycles. The molecule has 0 fully saturated rings. The van der Waals surface area contributed by atoms with Crippen molar-refractivity contribution in [3.05, 3.63) is 29.1 Å². The van der Waals surface area contributed by atoms with Gasteiger partial charge in [-0.1, -0.05) is 0 Å². The minimum absolute atomic E-state index is 0.0197. The number of nitrogens with one attached hydrogen (secondary N) is 1. The van der Waals surface area contributed by atoms with Crippen LogP contribution in [0.1, 0.15) is 24.0 Å². The van der Waals surface area contributed by atoms with Crippen LogP contribution < -0.4 is 5.32 Å². The van der Waals surface area contributed by atoms with Crippen LogP contribution in [0.25, 0.3) is 0 Å². The van der Waals surface area contributed by atoms with Gasteiger partial charge >= 0.3 is 0 Å². The third-order valence-corrected chi connectivity index (χ3v) is 2.44. The quantitative estimate of drug-likeness (QED) is 0.673. The number of fused-ring (bicyclic) bond motifs is 1. The van der Waals surface area contributed by atoms with Crippen LogP contribution >= 0.6 is 0 Å². The number of halogens is 1. The number of amides is 1. The molecule has 1 aliphatic rings. The number of hydrogen-bond acceptors (Lipinski definition) is 1. The maximum absolute atomic E-state index is 13.5. The molecule has 1 aromatic rings. The number of carbonyl (C=O) groups is 1. The molecule has 1 aliphatic heterocycles. The van der Waals surface area contributed by atoms with Gasteiger partial charge in [0.15, 0.2) is 0 Å². The molecule has 1 amide bonds. The number of aryl methyl sites for hydroxylation is 1. The molecule has 0 saturated carbocycles. The Bertz CT molecular complexity index is 387. The molecule has 0 radical (unpaired) electrons. The number of benzene rings is 1. The van der Waals surface area contributed by atoms with Crippen molar-refractivity contribution >= 4 is 11.6 Å². The van der Waals surface area contributed by atoms with Gasteiger partial charge < -0.3 is 5.32 Å². The van der Waals surface area contributed by atoms with Gasteiger partial charge in [-0.25, -0.2) is 4.39 Å². The lowest BCUT2D eigenvalue weighted by Crippen LogP contribution is -2.09. The van der Waals surface area contributed by atoms with Crippen molar-refractivity contribution < 1.29 is 9.18 Å². The maximum atomic E-state index is 13.5. The summed E-state index contributed by atoms with van der Waals surface area (Å²) in [5.41, 5.74) is 2.12. The highest BCUT2D eigenvalue weighted by Gasteiger charge is 2.16. The molecule has 14 heavy (non-hydrogen) atoms. The second kappa shape index (κ2) is 3.40. The van der Waals surface area contributed by atoms with Crippen LogP contribution in [-0.2, 0) is 11.2 Å². The second-order valence-electron chi connectivity index (χ2n) is 3.67. The van der Waals surface area contributed by atoms with Gasteiger partial charge in [-0.15, -0.1) is 0 Å². The smallest absolute Gasteiger partial charge is 0.224 e. The number of rotatable bonds is 0. The van der Waals surface area contributed by atoms with Crippen molar-refractivity contribution in [2.24, 2.45) is 0 Å². The minimum Gasteiger partial charge on any atom is -0.326 e. The average molecular weight is 193 g/mol. The van der Waals surface area contributed by atoms with E-state index in [2.05, 4.69) is 5.32 Å². The zero-order valence-electron chi connectivity index (χ0n) is 8.06. The van der Waals surface area contributed by atoms with Gasteiger partial charge in [0.2, 0.25) is 5.91 Å². The molecule has 1 heterocycles. The zero-order chi connectivity index (χ0) is 10.1. The normalized spacial score (nSPS) is 15.7. The van der Waals surface area contributed by atoms with E-state index in [4.69, 9.17) is 0 Å². The first-order chi connectivity index (χ1) is 6.66. The van der Waals surface area contributed by atoms with Crippen LogP contribution in [0.5, 0.6) is 0 Å². The fourth-order valence-corrected chi connectivity index (χ4v) is 1.78. The highest BCUT2D eigenvalue weighted by molar-refractivity contribution is 5.92. The van der Waals surface area contributed by atoms with E-state index in [0.29, 0.717) is 24.1 Å². The van der Waals surface area contributed by atoms with Crippen molar-refractivity contribution in [2.45, 2.75) is 26.2 Å². The SMILES string of the molecule is Cc1cc(F)c2c(c1)NC(=O)CCC2. The van der Waals surface area contributed by atoms with Crippen LogP contribution in [0.2, 0.25) is 0 Å². The molecule has 0 bridgehead atoms. The fraction of sp³-hybridized carbons (Fsp3) is 0.364. The molecule has 74 valence electrons. The third kappa shape index (κ3) is 1.62. The Balaban J connectivity index is 2.50. The number of anilines is 1. The molecule has 2 nitrogen and oxygen atoms in total. The molecular formula is C11H12FNO. The van der Waals surface area contributed by atoms with Gasteiger partial charge in [0.1, 0.15) is 5.82 Å². The van der Waals surface area contributed by atoms with Crippen molar-refractivity contribution in [1.29, 1.82) is 0 Å². The van der Waals surface area contributed by atoms with Crippen molar-refractivity contribution in [1.82, 2.24) is 0 Å². The Morgan fingerprint density at radius 3 is 2.93 bits per heavy atom. The van der Waals surface area contributed by atoms with E-state index in [-0.39, 0.29) is 11.7 Å². The van der Waals surface area contributed by atoms with Crippen molar-refractivity contribution in [3.63, 3.8) is 0 Å². The molecule has 0 unspecified atom stereocenters. The summed E-state index contributed by atoms with van der Waals surface area (Å²) in [5.74, 6) is -0.226. The lowest BCUT2D eigenvalue weighted by Gasteiger charge is -2.08. The van der Waals surface area contributed by atoms with Gasteiger partial charge in [-0.05, 0) is 37.5 Å². The second-order valence-corrected chi connectivity index (χ2v) is 3.67. The summed E-state index contributed by atoms with van der Waals surface area (Å²) in [7, 11) is 0. The topological polar surface area (TPSA) is 29.1 Å². The maximum Gasteiger partial charge on any atom is 0.224 e. The predicted octanol–water partition coefficient (Wildman–Crippen LogP) is 2.41. The summed E-state index contributed by atoms with van der Waals surface area (Å²) >= 11 is 0. The third-order valence-electron chi connectivity index (χ3n) is 2.44. The predicted molar refractivity (Wildman–Crippen MR) is 52.7 cm³/mol. The summed E-state index contributed by atoms with van der Waals surface area (Å²) in [6.45, 7) is 1.82. The Kier molecular flexibility index (Phi) is 2.23. The number of carbonyl (C=O) groups excluding carboxylic acids is 1. The van der Waals surface area contributed by atoms with Gasteiger partial charge in [0, 0.05) is 17.7 Å². The van der Waals surface area contributed by atoms with Crippen LogP contribution in [0.15, 0.2) is 12.1 Å². The number of hydrogen-bond donors (Lipinski definition) is 1. The van der Waals surface area contributed by atoms with E-state index in [1.807, 2.05) is 13.0 Å². The van der Waals surface area contributed by atoms with Crippen LogP contribution in [0.3, 0.4) is 0 Å². The zero-order valence-corrected chi connectivity index (χ0v) is 8.06. The van der Waals surface area contributed by atoms with Crippen LogP contribution in [0.4, 0.5) is 10.1 Å². The van der Waals surface area contributed by atoms with Crippen LogP contribution in [-0.4, -0.2) is 5.91 Å². The molecule has 0 saturated heterocycles. The van der Waals surface area contributed by atoms with Gasteiger partial charge in [0.25, 0.3) is 0 Å². The molecular weight excluding hydrogens is 181 g/mol. The van der Waals surface area contributed by atoms with Gasteiger partial charge in [0.05, 0.1) is 0 Å².